The van der Waals surface area contributed by atoms with Crippen LogP contribution in [0.25, 0.3) is 0 Å². The van der Waals surface area contributed by atoms with E-state index in [1.807, 2.05) is 24.4 Å². The van der Waals surface area contributed by atoms with Crippen LogP contribution in [0.4, 0.5) is 0 Å². The van der Waals surface area contributed by atoms with E-state index in [0.717, 1.165) is 30.3 Å². The molecule has 2 aromatic heterocycles. The highest BCUT2D eigenvalue weighted by Gasteiger charge is 1.99. The van der Waals surface area contributed by atoms with Crippen molar-refractivity contribution in [2.75, 3.05) is 0 Å². The second-order valence-corrected chi connectivity index (χ2v) is 3.62. The van der Waals surface area contributed by atoms with Crippen molar-refractivity contribution in [1.82, 2.24) is 14.9 Å². The van der Waals surface area contributed by atoms with Crippen LogP contribution in [-0.4, -0.2) is 9.59 Å². The Labute approximate surface area is 86.1 Å². The number of rotatable bonds is 4. The first-order valence-electron chi connectivity index (χ1n) is 4.36. The van der Waals surface area contributed by atoms with E-state index in [2.05, 4.69) is 14.9 Å². The van der Waals surface area contributed by atoms with Gasteiger partial charge in [-0.1, -0.05) is 4.49 Å². The highest BCUT2D eigenvalue weighted by Crippen LogP contribution is 2.05. The van der Waals surface area contributed by atoms with Crippen molar-refractivity contribution in [3.05, 3.63) is 34.7 Å². The molecular weight excluding hydrogens is 198 g/mol. The molecule has 0 bridgehead atoms. The predicted molar refractivity (Wildman–Crippen MR) is 53.9 cm³/mol. The average Bonchev–Trinajstić information content (AvgIpc) is 2.77. The highest BCUT2D eigenvalue weighted by molar-refractivity contribution is 7.03. The molecule has 0 aliphatic heterocycles. The summed E-state index contributed by atoms with van der Waals surface area (Å²) >= 11 is 1.37. The van der Waals surface area contributed by atoms with E-state index in [1.165, 1.54) is 11.5 Å². The van der Waals surface area contributed by atoms with E-state index in [-0.39, 0.29) is 0 Å². The monoisotopic (exact) mass is 209 g/mol. The Bertz CT molecular complexity index is 382. The highest BCUT2D eigenvalue weighted by atomic mass is 32.1. The first kappa shape index (κ1) is 9.36. The van der Waals surface area contributed by atoms with Gasteiger partial charge < -0.3 is 9.73 Å². The summed E-state index contributed by atoms with van der Waals surface area (Å²) in [7, 11) is 0. The molecule has 0 radical (unpaired) electrons. The molecule has 0 saturated carbocycles. The van der Waals surface area contributed by atoms with Gasteiger partial charge in [0, 0.05) is 11.9 Å². The van der Waals surface area contributed by atoms with Crippen LogP contribution in [0.3, 0.4) is 0 Å². The summed E-state index contributed by atoms with van der Waals surface area (Å²) in [6.45, 7) is 3.40. The van der Waals surface area contributed by atoms with Gasteiger partial charge in [0.05, 0.1) is 12.2 Å². The van der Waals surface area contributed by atoms with Gasteiger partial charge in [-0.3, -0.25) is 0 Å². The third kappa shape index (κ3) is 2.40. The van der Waals surface area contributed by atoms with E-state index in [9.17, 15) is 0 Å². The zero-order valence-corrected chi connectivity index (χ0v) is 8.67. The smallest absolute Gasteiger partial charge is 0.117 e. The van der Waals surface area contributed by atoms with Crippen molar-refractivity contribution in [3.63, 3.8) is 0 Å². The number of furan rings is 1. The number of nitrogens with zero attached hydrogens (tertiary/aromatic N) is 2. The van der Waals surface area contributed by atoms with Crippen molar-refractivity contribution < 1.29 is 4.42 Å². The lowest BCUT2D eigenvalue weighted by Crippen LogP contribution is -2.12. The van der Waals surface area contributed by atoms with Gasteiger partial charge in [-0.25, -0.2) is 0 Å². The van der Waals surface area contributed by atoms with E-state index >= 15 is 0 Å². The molecule has 0 fully saturated rings. The maximum absolute atomic E-state index is 5.41. The molecule has 0 atom stereocenters. The van der Waals surface area contributed by atoms with Crippen molar-refractivity contribution >= 4 is 11.5 Å². The lowest BCUT2D eigenvalue weighted by atomic mass is 10.4. The van der Waals surface area contributed by atoms with Gasteiger partial charge >= 0.3 is 0 Å². The zero-order chi connectivity index (χ0) is 9.80. The van der Waals surface area contributed by atoms with Crippen LogP contribution in [-0.2, 0) is 13.1 Å². The van der Waals surface area contributed by atoms with Crippen LogP contribution >= 0.6 is 11.5 Å². The Morgan fingerprint density at radius 1 is 1.43 bits per heavy atom. The van der Waals surface area contributed by atoms with Crippen LogP contribution < -0.4 is 5.32 Å². The summed E-state index contributed by atoms with van der Waals surface area (Å²) in [5.74, 6) is 1.89. The molecule has 0 aliphatic carbocycles. The van der Waals surface area contributed by atoms with E-state index < -0.39 is 0 Å². The standard InChI is InChI=1S/C9H11N3OS/c1-7-2-3-9(13-7)5-10-4-8-6-14-12-11-8/h2-3,6,10H,4-5H2,1H3. The molecule has 5 heteroatoms. The third-order valence-electron chi connectivity index (χ3n) is 1.81. The molecule has 4 nitrogen and oxygen atoms in total. The van der Waals surface area contributed by atoms with Crippen molar-refractivity contribution in [2.24, 2.45) is 0 Å². The maximum Gasteiger partial charge on any atom is 0.117 e. The first-order valence-corrected chi connectivity index (χ1v) is 5.20. The van der Waals surface area contributed by atoms with Gasteiger partial charge in [-0.2, -0.15) is 0 Å². The lowest BCUT2D eigenvalue weighted by molar-refractivity contribution is 0.461. The topological polar surface area (TPSA) is 51.0 Å². The fraction of sp³-hybridized carbons (Fsp3) is 0.333. The predicted octanol–water partition coefficient (Wildman–Crippen LogP) is 1.73. The fourth-order valence-electron chi connectivity index (χ4n) is 1.15. The van der Waals surface area contributed by atoms with Crippen molar-refractivity contribution in [1.29, 1.82) is 0 Å². The molecule has 2 rings (SSSR count). The minimum atomic E-state index is 0.728. The summed E-state index contributed by atoms with van der Waals surface area (Å²) in [5, 5.41) is 9.09. The summed E-state index contributed by atoms with van der Waals surface area (Å²) < 4.78 is 9.19. The summed E-state index contributed by atoms with van der Waals surface area (Å²) in [6, 6.07) is 3.93. The number of hydrogen-bond donors (Lipinski definition) is 1. The molecule has 14 heavy (non-hydrogen) atoms. The van der Waals surface area contributed by atoms with Crippen LogP contribution in [0.5, 0.6) is 0 Å². The quantitative estimate of drug-likeness (QED) is 0.833. The summed E-state index contributed by atoms with van der Waals surface area (Å²) in [6.07, 6.45) is 0. The van der Waals surface area contributed by atoms with E-state index in [1.54, 1.807) is 0 Å². The van der Waals surface area contributed by atoms with Crippen molar-refractivity contribution in [2.45, 2.75) is 20.0 Å². The average molecular weight is 209 g/mol. The molecule has 0 aromatic carbocycles. The molecule has 2 aromatic rings. The van der Waals surface area contributed by atoms with E-state index in [4.69, 9.17) is 4.42 Å². The molecule has 0 saturated heterocycles. The number of hydrogen-bond acceptors (Lipinski definition) is 5. The molecule has 74 valence electrons. The second-order valence-electron chi connectivity index (χ2n) is 3.01. The van der Waals surface area contributed by atoms with Crippen LogP contribution in [0.2, 0.25) is 0 Å². The Kier molecular flexibility index (Phi) is 2.90. The fourth-order valence-corrected chi connectivity index (χ4v) is 1.61. The van der Waals surface area contributed by atoms with Gasteiger partial charge in [0.1, 0.15) is 11.5 Å². The molecule has 1 N–H and O–H groups in total. The zero-order valence-electron chi connectivity index (χ0n) is 7.86. The summed E-state index contributed by atoms with van der Waals surface area (Å²) in [5.41, 5.74) is 0.971. The maximum atomic E-state index is 5.41. The molecule has 0 amide bonds. The Morgan fingerprint density at radius 2 is 2.36 bits per heavy atom. The Balaban J connectivity index is 1.78. The minimum Gasteiger partial charge on any atom is -0.465 e. The number of aromatic nitrogens is 2. The molecular formula is C9H11N3OS. The largest absolute Gasteiger partial charge is 0.465 e. The third-order valence-corrected chi connectivity index (χ3v) is 2.36. The molecule has 2 heterocycles. The van der Waals surface area contributed by atoms with E-state index in [0.29, 0.717) is 0 Å². The normalized spacial score (nSPS) is 10.6. The number of aryl methyl sites for hydroxylation is 1. The second kappa shape index (κ2) is 4.34. The Morgan fingerprint density at radius 3 is 3.00 bits per heavy atom. The number of nitrogens with one attached hydrogen (secondary N) is 1. The molecule has 0 unspecified atom stereocenters. The summed E-state index contributed by atoms with van der Waals surface area (Å²) in [4.78, 5) is 0. The molecule has 0 aliphatic rings. The first-order chi connectivity index (χ1) is 6.84. The van der Waals surface area contributed by atoms with Gasteiger partial charge in [-0.15, -0.1) is 5.10 Å². The van der Waals surface area contributed by atoms with Gasteiger partial charge in [0.25, 0.3) is 0 Å². The van der Waals surface area contributed by atoms with Crippen LogP contribution in [0.1, 0.15) is 17.2 Å². The minimum absolute atomic E-state index is 0.728. The van der Waals surface area contributed by atoms with Crippen LogP contribution in [0.15, 0.2) is 21.9 Å². The van der Waals surface area contributed by atoms with Gasteiger partial charge in [0.15, 0.2) is 0 Å². The van der Waals surface area contributed by atoms with Crippen LogP contribution in [0, 0.1) is 6.92 Å². The SMILES string of the molecule is Cc1ccc(CNCc2csnn2)o1. The van der Waals surface area contributed by atoms with Crippen molar-refractivity contribution in [3.8, 4) is 0 Å². The van der Waals surface area contributed by atoms with Gasteiger partial charge in [-0.05, 0) is 30.6 Å². The lowest BCUT2D eigenvalue weighted by Gasteiger charge is -1.98. The Hall–Kier alpha value is -1.20. The van der Waals surface area contributed by atoms with Gasteiger partial charge in [0.2, 0.25) is 0 Å². The molecule has 0 spiro atoms.